The van der Waals surface area contributed by atoms with Crippen molar-refractivity contribution in [3.8, 4) is 0 Å². The number of hydrogen-bond donors (Lipinski definition) is 0. The molecule has 1 aromatic carbocycles. The van der Waals surface area contributed by atoms with Gasteiger partial charge in [-0.25, -0.2) is 8.42 Å². The van der Waals surface area contributed by atoms with Gasteiger partial charge >= 0.3 is 0 Å². The molecule has 3 rings (SSSR count). The highest BCUT2D eigenvalue weighted by Gasteiger charge is 2.38. The molecule has 0 unspecified atom stereocenters. The molecule has 0 bridgehead atoms. The summed E-state index contributed by atoms with van der Waals surface area (Å²) in [4.78, 5) is 14.8. The van der Waals surface area contributed by atoms with Gasteiger partial charge in [0.1, 0.15) is 6.04 Å². The van der Waals surface area contributed by atoms with Gasteiger partial charge in [-0.2, -0.15) is 4.31 Å². The smallest absolute Gasteiger partial charge is 0.245 e. The fraction of sp³-hybridized carbons (Fsp3) is 0.562. The SMILES string of the molecule is CS(=O)(=O)N1CCCC[C@H]1C(=O)N1CCCc2ccccc21. The zero-order valence-electron chi connectivity index (χ0n) is 12.9. The molecule has 0 N–H and O–H groups in total. The van der Waals surface area contributed by atoms with Crippen LogP contribution < -0.4 is 4.90 Å². The first-order chi connectivity index (χ1) is 10.5. The highest BCUT2D eigenvalue weighted by molar-refractivity contribution is 7.88. The molecule has 0 radical (unpaired) electrons. The third kappa shape index (κ3) is 2.90. The van der Waals surface area contributed by atoms with E-state index >= 15 is 0 Å². The second kappa shape index (κ2) is 6.01. The van der Waals surface area contributed by atoms with Gasteiger partial charge in [-0.05, 0) is 37.3 Å². The van der Waals surface area contributed by atoms with E-state index in [0.717, 1.165) is 31.4 Å². The summed E-state index contributed by atoms with van der Waals surface area (Å²) in [5.41, 5.74) is 2.11. The summed E-state index contributed by atoms with van der Waals surface area (Å²) in [6.07, 6.45) is 5.44. The Bertz CT molecular complexity index is 672. The Kier molecular flexibility index (Phi) is 4.23. The van der Waals surface area contributed by atoms with Crippen LogP contribution in [0.15, 0.2) is 24.3 Å². The third-order valence-corrected chi connectivity index (χ3v) is 5.83. The van der Waals surface area contributed by atoms with Crippen molar-refractivity contribution in [2.75, 3.05) is 24.2 Å². The average Bonchev–Trinajstić information content (AvgIpc) is 2.53. The van der Waals surface area contributed by atoms with Crippen LogP contribution in [0.2, 0.25) is 0 Å². The molecule has 22 heavy (non-hydrogen) atoms. The van der Waals surface area contributed by atoms with Crippen LogP contribution in [-0.2, 0) is 21.2 Å². The normalized spacial score (nSPS) is 23.1. The maximum Gasteiger partial charge on any atom is 0.245 e. The van der Waals surface area contributed by atoms with E-state index in [9.17, 15) is 13.2 Å². The number of fused-ring (bicyclic) bond motifs is 1. The number of benzene rings is 1. The van der Waals surface area contributed by atoms with Crippen molar-refractivity contribution in [1.82, 2.24) is 4.31 Å². The van der Waals surface area contributed by atoms with Crippen molar-refractivity contribution in [2.24, 2.45) is 0 Å². The number of para-hydroxylation sites is 1. The van der Waals surface area contributed by atoms with E-state index in [1.54, 1.807) is 4.90 Å². The Morgan fingerprint density at radius 1 is 1.14 bits per heavy atom. The van der Waals surface area contributed by atoms with E-state index in [4.69, 9.17) is 0 Å². The van der Waals surface area contributed by atoms with Crippen molar-refractivity contribution < 1.29 is 13.2 Å². The molecule has 1 fully saturated rings. The van der Waals surface area contributed by atoms with E-state index < -0.39 is 16.1 Å². The lowest BCUT2D eigenvalue weighted by Crippen LogP contribution is -2.53. The van der Waals surface area contributed by atoms with Crippen LogP contribution in [0.4, 0.5) is 5.69 Å². The number of carbonyl (C=O) groups is 1. The molecule has 0 spiro atoms. The van der Waals surface area contributed by atoms with Gasteiger partial charge in [-0.1, -0.05) is 24.6 Å². The van der Waals surface area contributed by atoms with Crippen molar-refractivity contribution in [3.63, 3.8) is 0 Å². The fourth-order valence-electron chi connectivity index (χ4n) is 3.49. The zero-order chi connectivity index (χ0) is 15.7. The predicted octanol–water partition coefficient (Wildman–Crippen LogP) is 1.78. The second-order valence-electron chi connectivity index (χ2n) is 6.11. The standard InChI is InChI=1S/C16H22N2O3S/c1-22(20,21)18-12-5-4-10-15(18)16(19)17-11-6-8-13-7-2-3-9-14(13)17/h2-3,7,9,15H,4-6,8,10-12H2,1H3/t15-/m0/s1. The van der Waals surface area contributed by atoms with Gasteiger partial charge in [0.25, 0.3) is 0 Å². The fourth-order valence-corrected chi connectivity index (χ4v) is 4.61. The van der Waals surface area contributed by atoms with Crippen molar-refractivity contribution in [2.45, 2.75) is 38.1 Å². The summed E-state index contributed by atoms with van der Waals surface area (Å²) >= 11 is 0. The molecule has 120 valence electrons. The van der Waals surface area contributed by atoms with Gasteiger partial charge < -0.3 is 4.90 Å². The van der Waals surface area contributed by atoms with E-state index in [1.165, 1.54) is 16.1 Å². The largest absolute Gasteiger partial charge is 0.311 e. The van der Waals surface area contributed by atoms with Crippen molar-refractivity contribution in [3.05, 3.63) is 29.8 Å². The molecule has 1 saturated heterocycles. The third-order valence-electron chi connectivity index (χ3n) is 4.54. The van der Waals surface area contributed by atoms with E-state index in [-0.39, 0.29) is 5.91 Å². The van der Waals surface area contributed by atoms with Crippen LogP contribution in [0.3, 0.4) is 0 Å². The molecule has 5 nitrogen and oxygen atoms in total. The number of nitrogens with zero attached hydrogens (tertiary/aromatic N) is 2. The van der Waals surface area contributed by atoms with E-state index in [0.29, 0.717) is 19.5 Å². The van der Waals surface area contributed by atoms with Crippen LogP contribution in [0.5, 0.6) is 0 Å². The van der Waals surface area contributed by atoms with Crippen LogP contribution in [0.25, 0.3) is 0 Å². The van der Waals surface area contributed by atoms with Crippen LogP contribution in [0, 0.1) is 0 Å². The van der Waals surface area contributed by atoms with Gasteiger partial charge in [-0.15, -0.1) is 0 Å². The number of anilines is 1. The van der Waals surface area contributed by atoms with E-state index in [2.05, 4.69) is 0 Å². The molecule has 2 heterocycles. The average molecular weight is 322 g/mol. The molecule has 1 aromatic rings. The minimum atomic E-state index is -3.35. The Hall–Kier alpha value is -1.40. The summed E-state index contributed by atoms with van der Waals surface area (Å²) in [6.45, 7) is 1.12. The lowest BCUT2D eigenvalue weighted by molar-refractivity contribution is -0.123. The number of carbonyl (C=O) groups excluding carboxylic acids is 1. The minimum absolute atomic E-state index is 0.0720. The first kappa shape index (κ1) is 15.5. The monoisotopic (exact) mass is 322 g/mol. The summed E-state index contributed by atoms with van der Waals surface area (Å²) < 4.78 is 25.4. The number of piperidine rings is 1. The second-order valence-corrected chi connectivity index (χ2v) is 8.04. The molecule has 0 saturated carbocycles. The Labute approximate surface area is 132 Å². The number of hydrogen-bond acceptors (Lipinski definition) is 3. The maximum atomic E-state index is 13.0. The molecule has 1 atom stereocenters. The van der Waals surface area contributed by atoms with Crippen LogP contribution in [0.1, 0.15) is 31.2 Å². The first-order valence-electron chi connectivity index (χ1n) is 7.84. The van der Waals surface area contributed by atoms with Gasteiger partial charge in [0.15, 0.2) is 0 Å². The Balaban J connectivity index is 1.90. The molecule has 2 aliphatic heterocycles. The Morgan fingerprint density at radius 2 is 1.91 bits per heavy atom. The molecule has 0 aliphatic carbocycles. The van der Waals surface area contributed by atoms with Gasteiger partial charge in [0.2, 0.25) is 15.9 Å². The zero-order valence-corrected chi connectivity index (χ0v) is 13.7. The first-order valence-corrected chi connectivity index (χ1v) is 9.69. The minimum Gasteiger partial charge on any atom is -0.311 e. The summed E-state index contributed by atoms with van der Waals surface area (Å²) in [7, 11) is -3.35. The number of rotatable bonds is 2. The number of aryl methyl sites for hydroxylation is 1. The van der Waals surface area contributed by atoms with Crippen molar-refractivity contribution >= 4 is 21.6 Å². The van der Waals surface area contributed by atoms with Crippen LogP contribution in [-0.4, -0.2) is 44.0 Å². The van der Waals surface area contributed by atoms with Gasteiger partial charge in [0.05, 0.1) is 6.26 Å². The topological polar surface area (TPSA) is 57.7 Å². The lowest BCUT2D eigenvalue weighted by Gasteiger charge is -2.38. The maximum absolute atomic E-state index is 13.0. The van der Waals surface area contributed by atoms with Crippen molar-refractivity contribution in [1.29, 1.82) is 0 Å². The number of sulfonamides is 1. The van der Waals surface area contributed by atoms with Crippen LogP contribution >= 0.6 is 0 Å². The van der Waals surface area contributed by atoms with E-state index in [1.807, 2.05) is 24.3 Å². The summed E-state index contributed by atoms with van der Waals surface area (Å²) in [5, 5.41) is 0. The summed E-state index contributed by atoms with van der Waals surface area (Å²) in [6, 6.07) is 7.37. The highest BCUT2D eigenvalue weighted by Crippen LogP contribution is 2.30. The highest BCUT2D eigenvalue weighted by atomic mass is 32.2. The quantitative estimate of drug-likeness (QED) is 0.834. The molecule has 2 aliphatic rings. The molecular weight excluding hydrogens is 300 g/mol. The molecule has 0 aromatic heterocycles. The lowest BCUT2D eigenvalue weighted by atomic mass is 9.98. The molecule has 6 heteroatoms. The molecular formula is C16H22N2O3S. The van der Waals surface area contributed by atoms with Gasteiger partial charge in [-0.3, -0.25) is 4.79 Å². The number of amides is 1. The Morgan fingerprint density at radius 3 is 2.68 bits per heavy atom. The molecule has 1 amide bonds. The summed E-state index contributed by atoms with van der Waals surface area (Å²) in [5.74, 6) is -0.0720. The predicted molar refractivity (Wildman–Crippen MR) is 86.3 cm³/mol. The van der Waals surface area contributed by atoms with Gasteiger partial charge in [0, 0.05) is 18.8 Å².